The molecule has 24 heavy (non-hydrogen) atoms. The molecule has 0 unspecified atom stereocenters. The second-order valence-electron chi connectivity index (χ2n) is 5.20. The van der Waals surface area contributed by atoms with Crippen molar-refractivity contribution in [2.45, 2.75) is 19.0 Å². The van der Waals surface area contributed by atoms with E-state index in [1.54, 1.807) is 24.3 Å². The number of benzene rings is 2. The first-order valence-electron chi connectivity index (χ1n) is 7.38. The predicted octanol–water partition coefficient (Wildman–Crippen LogP) is 2.13. The van der Waals surface area contributed by atoms with Crippen molar-refractivity contribution in [3.63, 3.8) is 0 Å². The van der Waals surface area contributed by atoms with Crippen molar-refractivity contribution in [2.75, 3.05) is 5.32 Å². The van der Waals surface area contributed by atoms with Gasteiger partial charge in [0.2, 0.25) is 5.91 Å². The van der Waals surface area contributed by atoms with Crippen molar-refractivity contribution in [1.29, 1.82) is 5.26 Å². The normalized spacial score (nSPS) is 11.3. The Morgan fingerprint density at radius 3 is 2.33 bits per heavy atom. The van der Waals surface area contributed by atoms with Crippen LogP contribution in [0.3, 0.4) is 0 Å². The van der Waals surface area contributed by atoms with Gasteiger partial charge in [0.1, 0.15) is 0 Å². The zero-order valence-corrected chi connectivity index (χ0v) is 12.9. The van der Waals surface area contributed by atoms with E-state index >= 15 is 0 Å². The summed E-state index contributed by atoms with van der Waals surface area (Å²) in [7, 11) is 0. The highest BCUT2D eigenvalue weighted by atomic mass is 16.4. The largest absolute Gasteiger partial charge is 0.481 e. The number of carboxylic acids is 1. The molecule has 0 aliphatic carbocycles. The van der Waals surface area contributed by atoms with Gasteiger partial charge in [-0.3, -0.25) is 9.59 Å². The molecule has 0 bridgehead atoms. The van der Waals surface area contributed by atoms with E-state index in [1.165, 1.54) is 0 Å². The van der Waals surface area contributed by atoms with Gasteiger partial charge in [-0.25, -0.2) is 0 Å². The standard InChI is InChI=1S/C18H17N3O3/c19-11-13-6-8-15(9-7-13)21-18(24)16(10-17(22)23)20-12-14-4-2-1-3-5-14/h1-9,16,20H,10,12H2,(H,21,24)(H,22,23)/t16-/m0/s1. The minimum atomic E-state index is -1.06. The van der Waals surface area contributed by atoms with Gasteiger partial charge < -0.3 is 15.7 Å². The second-order valence-corrected chi connectivity index (χ2v) is 5.20. The molecule has 0 heterocycles. The highest BCUT2D eigenvalue weighted by Crippen LogP contribution is 2.10. The summed E-state index contributed by atoms with van der Waals surface area (Å²) in [6.45, 7) is 0.388. The maximum atomic E-state index is 12.3. The van der Waals surface area contributed by atoms with Gasteiger partial charge in [0, 0.05) is 12.2 Å². The quantitative estimate of drug-likeness (QED) is 0.724. The second kappa shape index (κ2) is 8.46. The van der Waals surface area contributed by atoms with Gasteiger partial charge in [0.15, 0.2) is 0 Å². The zero-order valence-electron chi connectivity index (χ0n) is 12.9. The summed E-state index contributed by atoms with van der Waals surface area (Å²) in [6.07, 6.45) is -0.324. The number of anilines is 1. The topological polar surface area (TPSA) is 102 Å². The summed E-state index contributed by atoms with van der Waals surface area (Å²) in [5.41, 5.74) is 1.95. The van der Waals surface area contributed by atoms with Gasteiger partial charge in [0.25, 0.3) is 0 Å². The van der Waals surface area contributed by atoms with Crippen LogP contribution in [0.4, 0.5) is 5.69 Å². The minimum Gasteiger partial charge on any atom is -0.481 e. The maximum Gasteiger partial charge on any atom is 0.305 e. The van der Waals surface area contributed by atoms with Crippen molar-refractivity contribution in [2.24, 2.45) is 0 Å². The number of amides is 1. The van der Waals surface area contributed by atoms with Gasteiger partial charge in [-0.05, 0) is 29.8 Å². The van der Waals surface area contributed by atoms with E-state index in [-0.39, 0.29) is 6.42 Å². The number of rotatable bonds is 7. The summed E-state index contributed by atoms with van der Waals surface area (Å²) in [4.78, 5) is 23.3. The minimum absolute atomic E-state index is 0.324. The molecule has 0 aliphatic heterocycles. The molecule has 2 aromatic rings. The number of nitrogens with zero attached hydrogens (tertiary/aromatic N) is 1. The Bertz CT molecular complexity index is 736. The fraction of sp³-hybridized carbons (Fsp3) is 0.167. The van der Waals surface area contributed by atoms with E-state index in [4.69, 9.17) is 10.4 Å². The molecule has 0 aromatic heterocycles. The van der Waals surface area contributed by atoms with Crippen LogP contribution in [0.25, 0.3) is 0 Å². The van der Waals surface area contributed by atoms with Crippen LogP contribution < -0.4 is 10.6 Å². The predicted molar refractivity (Wildman–Crippen MR) is 89.1 cm³/mol. The molecule has 2 rings (SSSR count). The number of carbonyl (C=O) groups excluding carboxylic acids is 1. The van der Waals surface area contributed by atoms with Crippen molar-refractivity contribution in [3.8, 4) is 6.07 Å². The van der Waals surface area contributed by atoms with Crippen molar-refractivity contribution < 1.29 is 14.7 Å². The van der Waals surface area contributed by atoms with Crippen LogP contribution in [0.5, 0.6) is 0 Å². The molecule has 1 atom stereocenters. The van der Waals surface area contributed by atoms with Crippen LogP contribution in [-0.2, 0) is 16.1 Å². The lowest BCUT2D eigenvalue weighted by molar-refractivity contribution is -0.139. The lowest BCUT2D eigenvalue weighted by atomic mass is 10.1. The van der Waals surface area contributed by atoms with Gasteiger partial charge in [-0.2, -0.15) is 5.26 Å². The molecule has 122 valence electrons. The Labute approximate surface area is 139 Å². The summed E-state index contributed by atoms with van der Waals surface area (Å²) in [6, 6.07) is 16.9. The SMILES string of the molecule is N#Cc1ccc(NC(=O)[C@H](CC(=O)O)NCc2ccccc2)cc1. The first kappa shape index (κ1) is 17.2. The Morgan fingerprint density at radius 1 is 1.08 bits per heavy atom. The number of hydrogen-bond donors (Lipinski definition) is 3. The summed E-state index contributed by atoms with van der Waals surface area (Å²) in [5.74, 6) is -1.49. The third kappa shape index (κ3) is 5.23. The Morgan fingerprint density at radius 2 is 1.75 bits per heavy atom. The fourth-order valence-electron chi connectivity index (χ4n) is 2.13. The lowest BCUT2D eigenvalue weighted by Gasteiger charge is -2.17. The molecule has 6 nitrogen and oxygen atoms in total. The van der Waals surface area contributed by atoms with Crippen molar-refractivity contribution >= 4 is 17.6 Å². The molecule has 1 amide bonds. The van der Waals surface area contributed by atoms with Crippen molar-refractivity contribution in [3.05, 3.63) is 65.7 Å². The van der Waals surface area contributed by atoms with E-state index < -0.39 is 17.9 Å². The third-order valence-electron chi connectivity index (χ3n) is 3.37. The van der Waals surface area contributed by atoms with Crippen LogP contribution in [0.1, 0.15) is 17.5 Å². The highest BCUT2D eigenvalue weighted by molar-refractivity contribution is 5.96. The van der Waals surface area contributed by atoms with Gasteiger partial charge >= 0.3 is 5.97 Å². The van der Waals surface area contributed by atoms with E-state index in [1.807, 2.05) is 36.4 Å². The van der Waals surface area contributed by atoms with Crippen LogP contribution in [0, 0.1) is 11.3 Å². The summed E-state index contributed by atoms with van der Waals surface area (Å²) < 4.78 is 0. The number of carboxylic acid groups (broad SMARTS) is 1. The van der Waals surface area contributed by atoms with Crippen LogP contribution in [0.2, 0.25) is 0 Å². The number of nitriles is 1. The smallest absolute Gasteiger partial charge is 0.305 e. The first-order valence-corrected chi connectivity index (χ1v) is 7.38. The average molecular weight is 323 g/mol. The van der Waals surface area contributed by atoms with Crippen molar-refractivity contribution in [1.82, 2.24) is 5.32 Å². The van der Waals surface area contributed by atoms with Gasteiger partial charge in [0.05, 0.1) is 24.1 Å². The highest BCUT2D eigenvalue weighted by Gasteiger charge is 2.21. The number of nitrogens with one attached hydrogen (secondary N) is 2. The number of carbonyl (C=O) groups is 2. The monoisotopic (exact) mass is 323 g/mol. The molecule has 3 N–H and O–H groups in total. The molecule has 0 fully saturated rings. The Kier molecular flexibility index (Phi) is 6.06. The molecular weight excluding hydrogens is 306 g/mol. The third-order valence-corrected chi connectivity index (χ3v) is 3.37. The number of hydrogen-bond acceptors (Lipinski definition) is 4. The van der Waals surface area contributed by atoms with E-state index in [0.717, 1.165) is 5.56 Å². The van der Waals surface area contributed by atoms with E-state index in [0.29, 0.717) is 17.8 Å². The van der Waals surface area contributed by atoms with Crippen LogP contribution >= 0.6 is 0 Å². The maximum absolute atomic E-state index is 12.3. The average Bonchev–Trinajstić information content (AvgIpc) is 2.59. The molecule has 0 saturated carbocycles. The van der Waals surface area contributed by atoms with Gasteiger partial charge in [-0.1, -0.05) is 30.3 Å². The molecule has 0 radical (unpaired) electrons. The molecule has 2 aromatic carbocycles. The number of aliphatic carboxylic acids is 1. The zero-order chi connectivity index (χ0) is 17.4. The molecule has 0 aliphatic rings. The summed E-state index contributed by atoms with van der Waals surface area (Å²) in [5, 5.41) is 23.4. The van der Waals surface area contributed by atoms with Crippen LogP contribution in [-0.4, -0.2) is 23.0 Å². The van der Waals surface area contributed by atoms with Crippen LogP contribution in [0.15, 0.2) is 54.6 Å². The van der Waals surface area contributed by atoms with E-state index in [2.05, 4.69) is 10.6 Å². The first-order chi connectivity index (χ1) is 11.6. The van der Waals surface area contributed by atoms with E-state index in [9.17, 15) is 9.59 Å². The Hall–Kier alpha value is -3.17. The van der Waals surface area contributed by atoms with Gasteiger partial charge in [-0.15, -0.1) is 0 Å². The molecular formula is C18H17N3O3. The lowest BCUT2D eigenvalue weighted by Crippen LogP contribution is -2.41. The fourth-order valence-corrected chi connectivity index (χ4v) is 2.13. The molecule has 6 heteroatoms. The molecule has 0 spiro atoms. The molecule has 0 saturated heterocycles. The summed E-state index contributed by atoms with van der Waals surface area (Å²) >= 11 is 0. The Balaban J connectivity index is 2.01.